The van der Waals surface area contributed by atoms with Crippen LogP contribution in [0.4, 0.5) is 0 Å². The summed E-state index contributed by atoms with van der Waals surface area (Å²) in [7, 11) is 0. The highest BCUT2D eigenvalue weighted by molar-refractivity contribution is 5.78. The predicted molar refractivity (Wildman–Crippen MR) is 34.7 cm³/mol. The summed E-state index contributed by atoms with van der Waals surface area (Å²) < 4.78 is 0. The second-order valence-electron chi connectivity index (χ2n) is 2.01. The summed E-state index contributed by atoms with van der Waals surface area (Å²) in [5.74, 6) is 0. The van der Waals surface area contributed by atoms with Gasteiger partial charge in [-0.25, -0.2) is 0 Å². The largest absolute Gasteiger partial charge is 0.755 e. The van der Waals surface area contributed by atoms with Crippen LogP contribution in [0.1, 0.15) is 0 Å². The van der Waals surface area contributed by atoms with Crippen LogP contribution in [-0.4, -0.2) is 16.3 Å². The minimum absolute atomic E-state index is 0.747. The molecule has 0 radical (unpaired) electrons. The van der Waals surface area contributed by atoms with Crippen molar-refractivity contribution in [3.63, 3.8) is 0 Å². The van der Waals surface area contributed by atoms with Gasteiger partial charge in [-0.2, -0.15) is 5.01 Å². The SMILES string of the molecule is [O-]N1C=CN2[NH2+]N=CC2=C1. The molecule has 10 heavy (non-hydrogen) atoms. The molecule has 0 aliphatic carbocycles. The molecule has 2 aliphatic heterocycles. The Kier molecular flexibility index (Phi) is 0.996. The van der Waals surface area contributed by atoms with E-state index < -0.39 is 0 Å². The standard InChI is InChI=1S/C5H5N4O/c10-8-1-2-9-5(4-8)3-6-7-9/h1-4,7H/q-1/p+1. The van der Waals surface area contributed by atoms with Gasteiger partial charge in [0.1, 0.15) is 11.9 Å². The molecule has 0 fully saturated rings. The van der Waals surface area contributed by atoms with Crippen LogP contribution in [0.2, 0.25) is 0 Å². The number of hydrogen-bond acceptors (Lipinski definition) is 4. The van der Waals surface area contributed by atoms with E-state index in [1.165, 1.54) is 12.4 Å². The summed E-state index contributed by atoms with van der Waals surface area (Å²) in [5.41, 5.74) is 2.45. The molecule has 0 saturated heterocycles. The van der Waals surface area contributed by atoms with E-state index in [1.54, 1.807) is 23.0 Å². The molecule has 0 saturated carbocycles. The van der Waals surface area contributed by atoms with Crippen molar-refractivity contribution in [3.8, 4) is 0 Å². The van der Waals surface area contributed by atoms with Gasteiger partial charge in [0.05, 0.1) is 6.20 Å². The number of hydrogen-bond donors (Lipinski definition) is 1. The molecule has 0 aromatic carbocycles. The number of nitrogens with two attached hydrogens (primary N) is 1. The van der Waals surface area contributed by atoms with Gasteiger partial charge in [0, 0.05) is 12.4 Å². The number of fused-ring (bicyclic) bond motifs is 1. The third kappa shape index (κ3) is 0.687. The monoisotopic (exact) mass is 138 g/mol. The summed E-state index contributed by atoms with van der Waals surface area (Å²) in [6.07, 6.45) is 6.19. The topological polar surface area (TPSA) is 58.5 Å². The second-order valence-corrected chi connectivity index (χ2v) is 2.01. The van der Waals surface area contributed by atoms with E-state index in [1.807, 2.05) is 0 Å². The van der Waals surface area contributed by atoms with Gasteiger partial charge in [0.2, 0.25) is 0 Å². The van der Waals surface area contributed by atoms with Crippen LogP contribution in [0.15, 0.2) is 29.4 Å². The zero-order chi connectivity index (χ0) is 6.97. The smallest absolute Gasteiger partial charge is 0.135 e. The maximum Gasteiger partial charge on any atom is 0.135 e. The number of rotatable bonds is 0. The van der Waals surface area contributed by atoms with Crippen LogP contribution < -0.4 is 5.53 Å². The third-order valence-electron chi connectivity index (χ3n) is 1.33. The van der Waals surface area contributed by atoms with Gasteiger partial charge < -0.3 is 10.3 Å². The van der Waals surface area contributed by atoms with Crippen LogP contribution in [0.3, 0.4) is 0 Å². The number of allylic oxidation sites excluding steroid dienone is 1. The Balaban J connectivity index is 2.28. The molecule has 0 bridgehead atoms. The lowest BCUT2D eigenvalue weighted by Crippen LogP contribution is -2.84. The molecule has 0 aromatic heterocycles. The average molecular weight is 138 g/mol. The Morgan fingerprint density at radius 2 is 2.40 bits per heavy atom. The highest BCUT2D eigenvalue weighted by atomic mass is 16.5. The van der Waals surface area contributed by atoms with Crippen molar-refractivity contribution in [3.05, 3.63) is 29.5 Å². The van der Waals surface area contributed by atoms with Crippen LogP contribution in [0.5, 0.6) is 0 Å². The first-order chi connectivity index (χ1) is 4.86. The van der Waals surface area contributed by atoms with Gasteiger partial charge >= 0.3 is 0 Å². The molecule has 2 heterocycles. The van der Waals surface area contributed by atoms with Crippen molar-refractivity contribution in [2.45, 2.75) is 0 Å². The second kappa shape index (κ2) is 1.83. The van der Waals surface area contributed by atoms with E-state index in [4.69, 9.17) is 0 Å². The van der Waals surface area contributed by atoms with Crippen LogP contribution in [0.25, 0.3) is 0 Å². The normalized spacial score (nSPS) is 21.5. The molecule has 2 N–H and O–H groups in total. The lowest BCUT2D eigenvalue weighted by Gasteiger charge is -2.26. The fourth-order valence-electron chi connectivity index (χ4n) is 0.850. The Hall–Kier alpha value is -1.33. The van der Waals surface area contributed by atoms with Gasteiger partial charge in [0.25, 0.3) is 0 Å². The molecule has 52 valence electrons. The molecule has 0 atom stereocenters. The zero-order valence-corrected chi connectivity index (χ0v) is 5.14. The van der Waals surface area contributed by atoms with Crippen molar-refractivity contribution >= 4 is 6.21 Å². The Labute approximate surface area is 57.5 Å². The summed E-state index contributed by atoms with van der Waals surface area (Å²) in [6.45, 7) is 0. The van der Waals surface area contributed by atoms with Crippen LogP contribution in [-0.2, 0) is 0 Å². The zero-order valence-electron chi connectivity index (χ0n) is 5.14. The quantitative estimate of drug-likeness (QED) is 0.432. The average Bonchev–Trinajstić information content (AvgIpc) is 2.33. The Morgan fingerprint density at radius 3 is 3.30 bits per heavy atom. The molecular weight excluding hydrogens is 132 g/mol. The van der Waals surface area contributed by atoms with E-state index in [0.29, 0.717) is 0 Å². The van der Waals surface area contributed by atoms with Gasteiger partial charge in [-0.3, -0.25) is 0 Å². The summed E-state index contributed by atoms with van der Waals surface area (Å²) in [6, 6.07) is 0. The summed E-state index contributed by atoms with van der Waals surface area (Å²) >= 11 is 0. The maximum absolute atomic E-state index is 10.7. The van der Waals surface area contributed by atoms with Crippen LogP contribution in [0, 0.1) is 5.21 Å². The van der Waals surface area contributed by atoms with E-state index in [0.717, 1.165) is 10.8 Å². The van der Waals surface area contributed by atoms with E-state index in [2.05, 4.69) is 5.10 Å². The minimum atomic E-state index is 0.747. The van der Waals surface area contributed by atoms with Crippen molar-refractivity contribution in [1.82, 2.24) is 10.1 Å². The van der Waals surface area contributed by atoms with Gasteiger partial charge in [-0.1, -0.05) is 5.10 Å². The lowest BCUT2D eigenvalue weighted by atomic mass is 10.4. The van der Waals surface area contributed by atoms with Crippen molar-refractivity contribution < 1.29 is 5.53 Å². The molecule has 5 nitrogen and oxygen atoms in total. The van der Waals surface area contributed by atoms with Gasteiger partial charge in [-0.05, 0) is 0 Å². The first kappa shape index (κ1) is 5.45. The summed E-state index contributed by atoms with van der Waals surface area (Å²) in [4.78, 5) is 0. The number of hydroxylamine groups is 2. The first-order valence-electron chi connectivity index (χ1n) is 2.87. The number of quaternary nitrogens is 1. The first-order valence-corrected chi connectivity index (χ1v) is 2.87. The fourth-order valence-corrected chi connectivity index (χ4v) is 0.850. The molecule has 0 aromatic rings. The molecule has 0 unspecified atom stereocenters. The molecule has 2 rings (SSSR count). The molecule has 5 heteroatoms. The summed E-state index contributed by atoms with van der Waals surface area (Å²) in [5, 5.41) is 17.0. The maximum atomic E-state index is 10.7. The van der Waals surface area contributed by atoms with Crippen molar-refractivity contribution in [2.75, 3.05) is 0 Å². The lowest BCUT2D eigenvalue weighted by molar-refractivity contribution is -0.781. The molecule has 0 spiro atoms. The van der Waals surface area contributed by atoms with Crippen molar-refractivity contribution in [2.24, 2.45) is 5.10 Å². The van der Waals surface area contributed by atoms with E-state index >= 15 is 0 Å². The molecule has 0 amide bonds. The third-order valence-corrected chi connectivity index (χ3v) is 1.33. The fraction of sp³-hybridized carbons (Fsp3) is 0. The Bertz CT molecular complexity index is 232. The predicted octanol–water partition coefficient (Wildman–Crippen LogP) is -1.11. The van der Waals surface area contributed by atoms with E-state index in [9.17, 15) is 5.21 Å². The molecular formula is C5H6N4O. The van der Waals surface area contributed by atoms with Gasteiger partial charge in [-0.15, -0.1) is 5.53 Å². The highest BCUT2D eigenvalue weighted by Gasteiger charge is 2.15. The van der Waals surface area contributed by atoms with E-state index in [-0.39, 0.29) is 0 Å². The molecule has 2 aliphatic rings. The Morgan fingerprint density at radius 1 is 1.50 bits per heavy atom. The number of nitrogens with zero attached hydrogens (tertiary/aromatic N) is 3. The van der Waals surface area contributed by atoms with Gasteiger partial charge in [0.15, 0.2) is 0 Å². The highest BCUT2D eigenvalue weighted by Crippen LogP contribution is 2.06. The van der Waals surface area contributed by atoms with Crippen LogP contribution >= 0.6 is 0 Å². The van der Waals surface area contributed by atoms with Crippen molar-refractivity contribution in [1.29, 1.82) is 0 Å². The minimum Gasteiger partial charge on any atom is -0.755 e.